The maximum absolute atomic E-state index is 13.4. The smallest absolute Gasteiger partial charge is 0.397 e. The summed E-state index contributed by atoms with van der Waals surface area (Å²) in [5.74, 6) is -0.803. The number of likely N-dealkylation sites (tertiary alicyclic amines) is 1. The highest BCUT2D eigenvalue weighted by Crippen LogP contribution is 2.36. The molecule has 2 amide bonds. The lowest BCUT2D eigenvalue weighted by molar-refractivity contribution is -0.137. The molecule has 0 saturated carbocycles. The van der Waals surface area contributed by atoms with Crippen LogP contribution in [0.2, 0.25) is 5.02 Å². The van der Waals surface area contributed by atoms with Gasteiger partial charge in [0.25, 0.3) is 0 Å². The lowest BCUT2D eigenvalue weighted by Crippen LogP contribution is -2.43. The number of nitrogens with two attached hydrogens (primary N) is 1. The van der Waals surface area contributed by atoms with Gasteiger partial charge in [-0.05, 0) is 54.0 Å². The number of carbonyl (C=O) groups excluding carboxylic acids is 2. The summed E-state index contributed by atoms with van der Waals surface area (Å²) < 4.78 is 45.1. The zero-order valence-corrected chi connectivity index (χ0v) is 23.8. The van der Waals surface area contributed by atoms with Crippen molar-refractivity contribution in [3.63, 3.8) is 0 Å². The summed E-state index contributed by atoms with van der Waals surface area (Å²) in [6.07, 6.45) is -0.331. The van der Waals surface area contributed by atoms with Gasteiger partial charge in [-0.3, -0.25) is 14.5 Å². The molecule has 2 saturated heterocycles. The van der Waals surface area contributed by atoms with Crippen LogP contribution in [0.25, 0.3) is 6.08 Å². The molecule has 8 nitrogen and oxygen atoms in total. The van der Waals surface area contributed by atoms with Gasteiger partial charge in [0.1, 0.15) is 6.04 Å². The minimum absolute atomic E-state index is 0.147. The Labute approximate surface area is 252 Å². The summed E-state index contributed by atoms with van der Waals surface area (Å²) in [5.41, 5.74) is 7.37. The molecule has 3 atom stereocenters. The molecule has 226 valence electrons. The molecule has 5 N–H and O–H groups in total. The van der Waals surface area contributed by atoms with Crippen LogP contribution >= 0.6 is 11.6 Å². The molecule has 3 aromatic rings. The monoisotopic (exact) mass is 613 g/mol. The molecule has 2 unspecified atom stereocenters. The van der Waals surface area contributed by atoms with E-state index < -0.39 is 28.7 Å². The van der Waals surface area contributed by atoms with Crippen LogP contribution in [0.4, 0.5) is 30.2 Å². The van der Waals surface area contributed by atoms with Crippen molar-refractivity contribution in [2.45, 2.75) is 30.8 Å². The Morgan fingerprint density at radius 2 is 1.86 bits per heavy atom. The van der Waals surface area contributed by atoms with Crippen molar-refractivity contribution >= 4 is 46.6 Å². The van der Waals surface area contributed by atoms with E-state index in [1.54, 1.807) is 54.6 Å². The van der Waals surface area contributed by atoms with Crippen molar-refractivity contribution in [2.24, 2.45) is 0 Å². The first kappa shape index (κ1) is 30.6. The number of halogens is 4. The Kier molecular flexibility index (Phi) is 9.36. The molecule has 2 aliphatic rings. The molecule has 2 fully saturated rings. The molecule has 0 spiro atoms. The van der Waals surface area contributed by atoms with Crippen LogP contribution in [-0.4, -0.2) is 55.1 Å². The minimum atomic E-state index is -4.60. The largest absolute Gasteiger partial charge is 0.417 e. The molecule has 0 radical (unpaired) electrons. The third-order valence-corrected chi connectivity index (χ3v) is 7.79. The summed E-state index contributed by atoms with van der Waals surface area (Å²) >= 11 is 5.86. The number of alkyl halides is 3. The Morgan fingerprint density at radius 1 is 1.09 bits per heavy atom. The van der Waals surface area contributed by atoms with Gasteiger partial charge in [0.05, 0.1) is 34.7 Å². The van der Waals surface area contributed by atoms with E-state index in [9.17, 15) is 22.8 Å². The normalized spacial score (nSPS) is 19.1. The van der Waals surface area contributed by atoms with E-state index in [1.165, 1.54) is 12.1 Å². The lowest BCUT2D eigenvalue weighted by Gasteiger charge is -2.27. The van der Waals surface area contributed by atoms with E-state index in [2.05, 4.69) is 20.9 Å². The lowest BCUT2D eigenvalue weighted by atomic mass is 10.0. The number of carbonyl (C=O) groups is 2. The molecule has 2 bridgehead atoms. The van der Waals surface area contributed by atoms with E-state index >= 15 is 0 Å². The second-order valence-electron chi connectivity index (χ2n) is 10.5. The average Bonchev–Trinajstić information content (AvgIpc) is 3.59. The van der Waals surface area contributed by atoms with Gasteiger partial charge in [-0.25, -0.2) is 0 Å². The third kappa shape index (κ3) is 7.74. The second-order valence-corrected chi connectivity index (χ2v) is 10.9. The van der Waals surface area contributed by atoms with Crippen LogP contribution in [0.15, 0.2) is 72.8 Å². The quantitative estimate of drug-likeness (QED) is 0.182. The topological polar surface area (TPSA) is 109 Å². The van der Waals surface area contributed by atoms with Crippen molar-refractivity contribution in [1.29, 1.82) is 0 Å². The van der Waals surface area contributed by atoms with Gasteiger partial charge in [-0.15, -0.1) is 0 Å². The fourth-order valence-electron chi connectivity index (χ4n) is 5.26. The molecule has 43 heavy (non-hydrogen) atoms. The number of para-hydroxylation sites is 2. The van der Waals surface area contributed by atoms with E-state index in [0.29, 0.717) is 42.7 Å². The Morgan fingerprint density at radius 3 is 2.51 bits per heavy atom. The van der Waals surface area contributed by atoms with Crippen LogP contribution in [-0.2, 0) is 20.5 Å². The number of hydrogen-bond acceptors (Lipinski definition) is 6. The highest BCUT2D eigenvalue weighted by atomic mass is 35.5. The van der Waals surface area contributed by atoms with Crippen LogP contribution in [0.3, 0.4) is 0 Å². The summed E-state index contributed by atoms with van der Waals surface area (Å²) in [7, 11) is 0. The van der Waals surface area contributed by atoms with Crippen LogP contribution in [0.1, 0.15) is 29.2 Å². The minimum Gasteiger partial charge on any atom is -0.397 e. The maximum Gasteiger partial charge on any atom is 0.417 e. The molecule has 12 heteroatoms. The number of ether oxygens (including phenoxy) is 1. The van der Waals surface area contributed by atoms with Gasteiger partial charge < -0.3 is 26.4 Å². The van der Waals surface area contributed by atoms with Gasteiger partial charge >= 0.3 is 6.18 Å². The zero-order chi connectivity index (χ0) is 30.6. The molecule has 2 aliphatic heterocycles. The van der Waals surface area contributed by atoms with Gasteiger partial charge in [0, 0.05) is 37.4 Å². The second kappa shape index (κ2) is 13.2. The van der Waals surface area contributed by atoms with E-state index in [4.69, 9.17) is 22.1 Å². The van der Waals surface area contributed by atoms with Crippen molar-refractivity contribution in [2.75, 3.05) is 42.6 Å². The summed E-state index contributed by atoms with van der Waals surface area (Å²) in [6, 6.07) is 16.7. The van der Waals surface area contributed by atoms with Crippen LogP contribution in [0.5, 0.6) is 0 Å². The number of fused-ring (bicyclic) bond motifs is 2. The number of nitrogen functional groups attached to an aromatic ring is 1. The van der Waals surface area contributed by atoms with Gasteiger partial charge in [0.2, 0.25) is 11.8 Å². The first-order chi connectivity index (χ1) is 20.6. The first-order valence-corrected chi connectivity index (χ1v) is 14.1. The number of anilines is 3. The Bertz CT molecular complexity index is 1500. The zero-order valence-electron chi connectivity index (χ0n) is 23.0. The SMILES string of the molecule is Nc1ccccc1NC(=O)C=Cc1ccc([C@H](NCCN2CC3CC2CO3)C(=O)Nc2ccc(C(F)(F)F)c(Cl)c2)cc1. The highest BCUT2D eigenvalue weighted by molar-refractivity contribution is 6.31. The predicted molar refractivity (Wildman–Crippen MR) is 161 cm³/mol. The van der Waals surface area contributed by atoms with E-state index in [1.807, 2.05) is 0 Å². The molecule has 2 heterocycles. The van der Waals surface area contributed by atoms with Crippen molar-refractivity contribution in [3.8, 4) is 0 Å². The number of nitrogens with one attached hydrogen (secondary N) is 3. The predicted octanol–water partition coefficient (Wildman–Crippen LogP) is 5.34. The molecule has 0 aromatic heterocycles. The standard InChI is InChI=1S/C31H31ClF3N5O3/c32-25-15-21(10-11-24(25)31(33,34)35)38-30(42)29(37-13-14-40-17-23-16-22(40)18-43-23)20-8-5-19(6-9-20)7-12-28(41)39-27-4-2-1-3-26(27)36/h1-12,15,22-23,29,37H,13-14,16-18,36H2,(H,38,42)(H,39,41)/t22?,23?,29-/m0/s1. The van der Waals surface area contributed by atoms with E-state index in [-0.39, 0.29) is 17.7 Å². The first-order valence-electron chi connectivity index (χ1n) is 13.8. The van der Waals surface area contributed by atoms with Gasteiger partial charge in [-0.1, -0.05) is 48.0 Å². The fraction of sp³-hybridized carbons (Fsp3) is 0.290. The third-order valence-electron chi connectivity index (χ3n) is 7.48. The summed E-state index contributed by atoms with van der Waals surface area (Å²) in [4.78, 5) is 28.1. The number of benzene rings is 3. The number of morpholine rings is 1. The number of rotatable bonds is 10. The van der Waals surface area contributed by atoms with Gasteiger partial charge in [0.15, 0.2) is 0 Å². The number of nitrogens with zero attached hydrogens (tertiary/aromatic N) is 1. The molecular formula is C31H31ClF3N5O3. The maximum atomic E-state index is 13.4. The Balaban J connectivity index is 1.27. The van der Waals surface area contributed by atoms with Crippen LogP contribution < -0.4 is 21.7 Å². The number of amides is 2. The number of hydrogen-bond donors (Lipinski definition) is 4. The molecule has 3 aromatic carbocycles. The Hall–Kier alpha value is -3.90. The van der Waals surface area contributed by atoms with Gasteiger partial charge in [-0.2, -0.15) is 13.2 Å². The van der Waals surface area contributed by atoms with Crippen molar-refractivity contribution in [1.82, 2.24) is 10.2 Å². The van der Waals surface area contributed by atoms with Crippen LogP contribution in [0, 0.1) is 0 Å². The molecule has 5 rings (SSSR count). The molecular weight excluding hydrogens is 583 g/mol. The fourth-order valence-corrected chi connectivity index (χ4v) is 5.55. The molecule has 0 aliphatic carbocycles. The highest BCUT2D eigenvalue weighted by Gasteiger charge is 2.38. The summed E-state index contributed by atoms with van der Waals surface area (Å²) in [5, 5.41) is 8.20. The summed E-state index contributed by atoms with van der Waals surface area (Å²) in [6.45, 7) is 2.76. The average molecular weight is 614 g/mol. The van der Waals surface area contributed by atoms with Crippen molar-refractivity contribution in [3.05, 3.63) is 94.5 Å². The van der Waals surface area contributed by atoms with Crippen molar-refractivity contribution < 1.29 is 27.5 Å². The van der Waals surface area contributed by atoms with E-state index in [0.717, 1.165) is 30.7 Å².